The highest BCUT2D eigenvalue weighted by atomic mass is 31.2. The van der Waals surface area contributed by atoms with Gasteiger partial charge in [0, 0.05) is 25.7 Å². The van der Waals surface area contributed by atoms with Crippen LogP contribution in [-0.4, -0.2) is 96.7 Å². The van der Waals surface area contributed by atoms with Crippen molar-refractivity contribution in [2.24, 2.45) is 23.7 Å². The Morgan fingerprint density at radius 1 is 0.266 bits per heavy atom. The van der Waals surface area contributed by atoms with Crippen molar-refractivity contribution in [2.45, 2.75) is 395 Å². The van der Waals surface area contributed by atoms with Crippen LogP contribution in [0.1, 0.15) is 376 Å². The molecule has 0 aromatic carbocycles. The summed E-state index contributed by atoms with van der Waals surface area (Å²) in [4.78, 5) is 72.7. The lowest BCUT2D eigenvalue weighted by atomic mass is 10.0. The van der Waals surface area contributed by atoms with Crippen molar-refractivity contribution in [1.82, 2.24) is 0 Å². The fourth-order valence-electron chi connectivity index (χ4n) is 11.4. The highest BCUT2D eigenvalue weighted by Gasteiger charge is 2.30. The zero-order valence-corrected chi connectivity index (χ0v) is 63.4. The molecule has 3 N–H and O–H groups in total. The van der Waals surface area contributed by atoms with Crippen LogP contribution in [0.5, 0.6) is 0 Å². The Hall–Kier alpha value is -1.94. The molecule has 0 amide bonds. The third kappa shape index (κ3) is 68.6. The van der Waals surface area contributed by atoms with Crippen LogP contribution in [0.25, 0.3) is 0 Å². The molecule has 0 saturated heterocycles. The molecule has 558 valence electrons. The molecule has 0 aliphatic carbocycles. The average Bonchev–Trinajstić information content (AvgIpc) is 1.25. The first-order valence-corrected chi connectivity index (χ1v) is 41.7. The van der Waals surface area contributed by atoms with Gasteiger partial charge in [-0.15, -0.1) is 0 Å². The first-order valence-electron chi connectivity index (χ1n) is 38.7. The normalized spacial score (nSPS) is 14.2. The van der Waals surface area contributed by atoms with Gasteiger partial charge in [0.05, 0.1) is 26.4 Å². The highest BCUT2D eigenvalue weighted by Crippen LogP contribution is 2.45. The second-order valence-electron chi connectivity index (χ2n) is 28.9. The Bertz CT molecular complexity index is 1850. The smallest absolute Gasteiger partial charge is 0.462 e. The number of carbonyl (C=O) groups excluding carboxylic acids is 4. The number of esters is 4. The van der Waals surface area contributed by atoms with Crippen molar-refractivity contribution >= 4 is 39.5 Å². The van der Waals surface area contributed by atoms with Crippen molar-refractivity contribution in [3.63, 3.8) is 0 Å². The molecule has 0 aromatic heterocycles. The van der Waals surface area contributed by atoms with E-state index < -0.39 is 97.5 Å². The van der Waals surface area contributed by atoms with E-state index in [0.717, 1.165) is 114 Å². The fraction of sp³-hybridized carbons (Fsp3) is 0.947. The summed E-state index contributed by atoms with van der Waals surface area (Å²) in [5.41, 5.74) is 0. The molecule has 0 spiro atoms. The van der Waals surface area contributed by atoms with Gasteiger partial charge in [-0.25, -0.2) is 9.13 Å². The molecule has 0 aliphatic rings. The molecule has 0 rings (SSSR count). The number of rotatable bonds is 72. The van der Waals surface area contributed by atoms with Gasteiger partial charge in [-0.05, 0) is 49.4 Å². The minimum absolute atomic E-state index is 0.106. The van der Waals surface area contributed by atoms with E-state index in [1.54, 1.807) is 0 Å². The Kier molecular flexibility index (Phi) is 63.1. The summed E-state index contributed by atoms with van der Waals surface area (Å²) in [6.45, 7) is 14.1. The maximum Gasteiger partial charge on any atom is 0.472 e. The number of ether oxygens (including phenoxy) is 4. The first kappa shape index (κ1) is 92.1. The topological polar surface area (TPSA) is 237 Å². The zero-order valence-electron chi connectivity index (χ0n) is 61.6. The van der Waals surface area contributed by atoms with Gasteiger partial charge < -0.3 is 33.8 Å². The van der Waals surface area contributed by atoms with Crippen LogP contribution in [0.3, 0.4) is 0 Å². The third-order valence-corrected chi connectivity index (χ3v) is 19.2. The number of phosphoric ester groups is 2. The average molecular weight is 1380 g/mol. The van der Waals surface area contributed by atoms with Crippen LogP contribution < -0.4 is 0 Å². The zero-order chi connectivity index (χ0) is 69.6. The van der Waals surface area contributed by atoms with Crippen LogP contribution in [0.15, 0.2) is 0 Å². The molecule has 17 nitrogen and oxygen atoms in total. The molecule has 3 unspecified atom stereocenters. The lowest BCUT2D eigenvalue weighted by Crippen LogP contribution is -2.30. The number of aliphatic hydroxyl groups excluding tert-OH is 1. The minimum atomic E-state index is -4.96. The molecule has 0 saturated carbocycles. The SMILES string of the molecule is CC(C)CCCCCCCCCCCCCCCCCC(=O)O[C@H](COC(=O)CCCCCCCCCC(C)C)COP(=O)(O)OCC(O)COP(=O)(O)OC[C@@H](COC(=O)CCCCCCCCCCC(C)C)OC(=O)CCCCCCCCCCCCCCC(C)C. The van der Waals surface area contributed by atoms with Crippen molar-refractivity contribution < 1.29 is 80.2 Å². The van der Waals surface area contributed by atoms with Crippen molar-refractivity contribution in [1.29, 1.82) is 0 Å². The van der Waals surface area contributed by atoms with E-state index >= 15 is 0 Å². The van der Waals surface area contributed by atoms with Gasteiger partial charge in [0.15, 0.2) is 12.2 Å². The predicted molar refractivity (Wildman–Crippen MR) is 381 cm³/mol. The van der Waals surface area contributed by atoms with Crippen LogP contribution in [0.2, 0.25) is 0 Å². The maximum atomic E-state index is 13.1. The second kappa shape index (κ2) is 64.4. The third-order valence-electron chi connectivity index (χ3n) is 17.3. The molecule has 94 heavy (non-hydrogen) atoms. The number of hydrogen-bond donors (Lipinski definition) is 3. The predicted octanol–water partition coefficient (Wildman–Crippen LogP) is 21.7. The van der Waals surface area contributed by atoms with E-state index in [0.29, 0.717) is 31.6 Å². The van der Waals surface area contributed by atoms with E-state index in [9.17, 15) is 43.2 Å². The Morgan fingerprint density at radius 2 is 0.447 bits per heavy atom. The van der Waals surface area contributed by atoms with Gasteiger partial charge >= 0.3 is 39.5 Å². The van der Waals surface area contributed by atoms with Gasteiger partial charge in [-0.1, -0.05) is 325 Å². The summed E-state index contributed by atoms with van der Waals surface area (Å²) in [6, 6.07) is 0. The molecule has 0 bridgehead atoms. The summed E-state index contributed by atoms with van der Waals surface area (Å²) in [5.74, 6) is 0.887. The second-order valence-corrected chi connectivity index (χ2v) is 31.9. The van der Waals surface area contributed by atoms with Crippen LogP contribution >= 0.6 is 15.6 Å². The highest BCUT2D eigenvalue weighted by molar-refractivity contribution is 7.47. The molecule has 0 fully saturated rings. The van der Waals surface area contributed by atoms with Crippen molar-refractivity contribution in [2.75, 3.05) is 39.6 Å². The monoisotopic (exact) mass is 1380 g/mol. The summed E-state index contributed by atoms with van der Waals surface area (Å²) in [7, 11) is -9.91. The molecular formula is C75H146O17P2. The van der Waals surface area contributed by atoms with E-state index in [4.69, 9.17) is 37.0 Å². The van der Waals surface area contributed by atoms with E-state index in [1.165, 1.54) is 173 Å². The summed E-state index contributed by atoms with van der Waals surface area (Å²) in [5, 5.41) is 10.6. The molecule has 0 aromatic rings. The molecule has 0 radical (unpaired) electrons. The molecule has 0 aliphatic heterocycles. The minimum Gasteiger partial charge on any atom is -0.462 e. The number of unbranched alkanes of at least 4 members (excludes halogenated alkanes) is 38. The van der Waals surface area contributed by atoms with Crippen molar-refractivity contribution in [3.8, 4) is 0 Å². The Labute approximate surface area is 575 Å². The summed E-state index contributed by atoms with van der Waals surface area (Å²) < 4.78 is 68.5. The molecular weight excluding hydrogens is 1230 g/mol. The van der Waals surface area contributed by atoms with E-state index in [-0.39, 0.29) is 25.7 Å². The molecule has 19 heteroatoms. The number of phosphoric acid groups is 2. The van der Waals surface area contributed by atoms with Gasteiger partial charge in [-0.2, -0.15) is 0 Å². The van der Waals surface area contributed by atoms with Crippen LogP contribution in [-0.2, 0) is 65.4 Å². The van der Waals surface area contributed by atoms with E-state index in [2.05, 4.69) is 55.4 Å². The van der Waals surface area contributed by atoms with Gasteiger partial charge in [0.2, 0.25) is 0 Å². The van der Waals surface area contributed by atoms with Crippen LogP contribution in [0.4, 0.5) is 0 Å². The first-order chi connectivity index (χ1) is 45.1. The standard InChI is InChI=1S/C75H146O17P2/c1-65(2)51-43-35-27-20-16-12-10-9-11-13-18-22-32-41-49-57-74(79)92-71(62-86-73(78)56-48-40-34-26-30-38-46-54-68(7)8)64-90-94(83,84)88-60-69(76)59-87-93(81,82)89-63-70(61-85-72(77)55-47-39-31-25-24-29-37-45-53-67(5)6)91-75(80)58-50-42-33-23-19-15-14-17-21-28-36-44-52-66(3)4/h65-71,76H,9-64H2,1-8H3,(H,81,82)(H,83,84)/t69?,70-,71-/m1/s1. The fourth-order valence-corrected chi connectivity index (χ4v) is 13.0. The van der Waals surface area contributed by atoms with Gasteiger partial charge in [0.1, 0.15) is 19.3 Å². The van der Waals surface area contributed by atoms with E-state index in [1.807, 2.05) is 0 Å². The van der Waals surface area contributed by atoms with Gasteiger partial charge in [0.25, 0.3) is 0 Å². The summed E-state index contributed by atoms with van der Waals surface area (Å²) >= 11 is 0. The van der Waals surface area contributed by atoms with Gasteiger partial charge in [-0.3, -0.25) is 37.3 Å². The lowest BCUT2D eigenvalue weighted by molar-refractivity contribution is -0.161. The van der Waals surface area contributed by atoms with Crippen LogP contribution in [0, 0.1) is 23.7 Å². The Morgan fingerprint density at radius 3 is 0.660 bits per heavy atom. The number of aliphatic hydroxyl groups is 1. The molecule has 5 atom stereocenters. The number of carbonyl (C=O) groups is 4. The Balaban J connectivity index is 5.23. The number of hydrogen-bond acceptors (Lipinski definition) is 15. The lowest BCUT2D eigenvalue weighted by Gasteiger charge is -2.21. The maximum absolute atomic E-state index is 13.1. The summed E-state index contributed by atoms with van der Waals surface area (Å²) in [6.07, 6.45) is 48.7. The van der Waals surface area contributed by atoms with Crippen molar-refractivity contribution in [3.05, 3.63) is 0 Å². The quantitative estimate of drug-likeness (QED) is 0.0222. The molecule has 0 heterocycles. The largest absolute Gasteiger partial charge is 0.472 e.